The van der Waals surface area contributed by atoms with E-state index < -0.39 is 23.4 Å². The van der Waals surface area contributed by atoms with Gasteiger partial charge in [-0.05, 0) is 25.7 Å². The van der Waals surface area contributed by atoms with E-state index in [2.05, 4.69) is 0 Å². The molecule has 0 aromatic rings. The van der Waals surface area contributed by atoms with Crippen LogP contribution in [0.4, 0.5) is 0 Å². The first-order chi connectivity index (χ1) is 8.60. The standard InChI is InChI=1S/C14H26O4/c1-17-13(7-3-4-8-13)11(15)12(16)14(18-2)9-5-6-10-14/h11-12,15-16H,3-10H2,1-2H3/t11-,12-/m1/s1. The van der Waals surface area contributed by atoms with Crippen LogP contribution < -0.4 is 0 Å². The fourth-order valence-corrected chi connectivity index (χ4v) is 3.76. The van der Waals surface area contributed by atoms with Crippen molar-refractivity contribution in [2.24, 2.45) is 0 Å². The molecule has 0 spiro atoms. The van der Waals surface area contributed by atoms with E-state index in [1.165, 1.54) is 0 Å². The predicted molar refractivity (Wildman–Crippen MR) is 68.4 cm³/mol. The van der Waals surface area contributed by atoms with Crippen molar-refractivity contribution in [3.05, 3.63) is 0 Å². The van der Waals surface area contributed by atoms with Crippen molar-refractivity contribution in [3.63, 3.8) is 0 Å². The Balaban J connectivity index is 2.14. The van der Waals surface area contributed by atoms with Crippen LogP contribution in [-0.2, 0) is 9.47 Å². The second-order valence-corrected chi connectivity index (χ2v) is 5.84. The monoisotopic (exact) mass is 258 g/mol. The number of rotatable bonds is 5. The zero-order valence-electron chi connectivity index (χ0n) is 11.5. The maximum Gasteiger partial charge on any atom is 0.112 e. The average Bonchev–Trinajstić information content (AvgIpc) is 3.07. The molecule has 4 heteroatoms. The lowest BCUT2D eigenvalue weighted by Gasteiger charge is -2.42. The van der Waals surface area contributed by atoms with Gasteiger partial charge in [0.1, 0.15) is 12.2 Å². The maximum absolute atomic E-state index is 10.6. The van der Waals surface area contributed by atoms with E-state index in [1.807, 2.05) is 0 Å². The van der Waals surface area contributed by atoms with Gasteiger partial charge in [0.2, 0.25) is 0 Å². The van der Waals surface area contributed by atoms with Crippen LogP contribution in [0.1, 0.15) is 51.4 Å². The third-order valence-electron chi connectivity index (χ3n) is 5.09. The van der Waals surface area contributed by atoms with Crippen LogP contribution in [0.3, 0.4) is 0 Å². The third kappa shape index (κ3) is 2.20. The van der Waals surface area contributed by atoms with E-state index in [9.17, 15) is 10.2 Å². The molecular formula is C14H26O4. The van der Waals surface area contributed by atoms with Gasteiger partial charge in [-0.25, -0.2) is 0 Å². The summed E-state index contributed by atoms with van der Waals surface area (Å²) >= 11 is 0. The van der Waals surface area contributed by atoms with E-state index in [0.717, 1.165) is 51.4 Å². The minimum Gasteiger partial charge on any atom is -0.387 e. The molecule has 2 aliphatic rings. The Morgan fingerprint density at radius 1 is 0.722 bits per heavy atom. The van der Waals surface area contributed by atoms with Gasteiger partial charge in [0, 0.05) is 14.2 Å². The van der Waals surface area contributed by atoms with Gasteiger partial charge in [-0.3, -0.25) is 0 Å². The first-order valence-electron chi connectivity index (χ1n) is 7.07. The van der Waals surface area contributed by atoms with E-state index in [0.29, 0.717) is 0 Å². The lowest BCUT2D eigenvalue weighted by Crippen LogP contribution is -2.57. The largest absolute Gasteiger partial charge is 0.387 e. The Bertz CT molecular complexity index is 239. The molecule has 0 heterocycles. The van der Waals surface area contributed by atoms with E-state index in [4.69, 9.17) is 9.47 Å². The highest BCUT2D eigenvalue weighted by molar-refractivity contribution is 5.04. The van der Waals surface area contributed by atoms with Crippen molar-refractivity contribution in [3.8, 4) is 0 Å². The van der Waals surface area contributed by atoms with E-state index in [-0.39, 0.29) is 0 Å². The average molecular weight is 258 g/mol. The molecule has 2 saturated carbocycles. The van der Waals surface area contributed by atoms with Crippen molar-refractivity contribution in [2.75, 3.05) is 14.2 Å². The molecule has 18 heavy (non-hydrogen) atoms. The van der Waals surface area contributed by atoms with E-state index >= 15 is 0 Å². The summed E-state index contributed by atoms with van der Waals surface area (Å²) in [5.74, 6) is 0. The quantitative estimate of drug-likeness (QED) is 0.787. The SMILES string of the molecule is COC1([C@H](O)[C@@H](O)C2(OC)CCCC2)CCCC1. The van der Waals surface area contributed by atoms with Gasteiger partial charge in [-0.15, -0.1) is 0 Å². The molecule has 0 unspecified atom stereocenters. The Kier molecular flexibility index (Phi) is 4.32. The van der Waals surface area contributed by atoms with Crippen molar-refractivity contribution >= 4 is 0 Å². The fraction of sp³-hybridized carbons (Fsp3) is 1.00. The normalized spacial score (nSPS) is 29.3. The molecule has 4 nitrogen and oxygen atoms in total. The van der Waals surface area contributed by atoms with Gasteiger partial charge in [-0.1, -0.05) is 25.7 Å². The molecule has 2 fully saturated rings. The molecule has 2 aliphatic carbocycles. The maximum atomic E-state index is 10.6. The van der Waals surface area contributed by atoms with Crippen LogP contribution >= 0.6 is 0 Å². The van der Waals surface area contributed by atoms with Crippen molar-refractivity contribution in [1.82, 2.24) is 0 Å². The minimum absolute atomic E-state index is 0.576. The Labute approximate surface area is 109 Å². The summed E-state index contributed by atoms with van der Waals surface area (Å²) in [5, 5.41) is 21.1. The van der Waals surface area contributed by atoms with Crippen molar-refractivity contribution in [1.29, 1.82) is 0 Å². The predicted octanol–water partition coefficient (Wildman–Crippen LogP) is 1.63. The summed E-state index contributed by atoms with van der Waals surface area (Å²) in [4.78, 5) is 0. The van der Waals surface area contributed by atoms with Gasteiger partial charge >= 0.3 is 0 Å². The minimum atomic E-state index is -0.858. The number of hydrogen-bond donors (Lipinski definition) is 2. The Morgan fingerprint density at radius 3 is 1.22 bits per heavy atom. The highest BCUT2D eigenvalue weighted by atomic mass is 16.5. The highest BCUT2D eigenvalue weighted by Crippen LogP contribution is 2.43. The van der Waals surface area contributed by atoms with E-state index in [1.54, 1.807) is 14.2 Å². The molecular weight excluding hydrogens is 232 g/mol. The van der Waals surface area contributed by atoms with Gasteiger partial charge < -0.3 is 19.7 Å². The molecule has 0 aromatic carbocycles. The second-order valence-electron chi connectivity index (χ2n) is 5.84. The van der Waals surface area contributed by atoms with Gasteiger partial charge in [0.25, 0.3) is 0 Å². The number of aliphatic hydroxyl groups excluding tert-OH is 2. The molecule has 0 bridgehead atoms. The molecule has 0 aromatic heterocycles. The van der Waals surface area contributed by atoms with Crippen LogP contribution in [0.2, 0.25) is 0 Å². The summed E-state index contributed by atoms with van der Waals surface area (Å²) in [6, 6.07) is 0. The molecule has 0 amide bonds. The lowest BCUT2D eigenvalue weighted by atomic mass is 9.81. The number of methoxy groups -OCH3 is 2. The summed E-state index contributed by atoms with van der Waals surface area (Å²) in [6.07, 6.45) is 5.78. The smallest absolute Gasteiger partial charge is 0.112 e. The Hall–Kier alpha value is -0.160. The molecule has 106 valence electrons. The zero-order valence-corrected chi connectivity index (χ0v) is 11.5. The second kappa shape index (κ2) is 5.45. The van der Waals surface area contributed by atoms with Crippen LogP contribution in [0.15, 0.2) is 0 Å². The van der Waals surface area contributed by atoms with Crippen LogP contribution in [0.5, 0.6) is 0 Å². The third-order valence-corrected chi connectivity index (χ3v) is 5.09. The molecule has 2 rings (SSSR count). The summed E-state index contributed by atoms with van der Waals surface area (Å²) < 4.78 is 11.1. The Morgan fingerprint density at radius 2 is 1.00 bits per heavy atom. The van der Waals surface area contributed by atoms with Gasteiger partial charge in [0.05, 0.1) is 11.2 Å². The molecule has 2 N–H and O–H groups in total. The molecule has 2 atom stereocenters. The summed E-state index contributed by atoms with van der Waals surface area (Å²) in [7, 11) is 3.27. The van der Waals surface area contributed by atoms with Crippen molar-refractivity contribution in [2.45, 2.75) is 74.8 Å². The number of hydrogen-bond acceptors (Lipinski definition) is 4. The topological polar surface area (TPSA) is 58.9 Å². The van der Waals surface area contributed by atoms with Crippen molar-refractivity contribution < 1.29 is 19.7 Å². The first-order valence-corrected chi connectivity index (χ1v) is 7.07. The fourth-order valence-electron chi connectivity index (χ4n) is 3.76. The number of ether oxygens (including phenoxy) is 2. The molecule has 0 radical (unpaired) electrons. The van der Waals surface area contributed by atoms with Crippen LogP contribution in [-0.4, -0.2) is 47.8 Å². The van der Waals surface area contributed by atoms with Gasteiger partial charge in [0.15, 0.2) is 0 Å². The van der Waals surface area contributed by atoms with Crippen LogP contribution in [0.25, 0.3) is 0 Å². The number of aliphatic hydroxyl groups is 2. The lowest BCUT2D eigenvalue weighted by molar-refractivity contribution is -0.198. The summed E-state index contributed by atoms with van der Waals surface area (Å²) in [6.45, 7) is 0. The summed E-state index contributed by atoms with van der Waals surface area (Å²) in [5.41, 5.74) is -1.15. The highest BCUT2D eigenvalue weighted by Gasteiger charge is 2.52. The zero-order chi connectivity index (χ0) is 13.2. The first kappa shape index (κ1) is 14.3. The van der Waals surface area contributed by atoms with Crippen LogP contribution in [0, 0.1) is 0 Å². The molecule has 0 aliphatic heterocycles. The van der Waals surface area contributed by atoms with Gasteiger partial charge in [-0.2, -0.15) is 0 Å². The molecule has 0 saturated heterocycles.